The Kier molecular flexibility index (Phi) is 2.86. The third-order valence-corrected chi connectivity index (χ3v) is 2.98. The first-order chi connectivity index (χ1) is 7.24. The van der Waals surface area contributed by atoms with E-state index in [2.05, 4.69) is 5.10 Å². The van der Waals surface area contributed by atoms with Crippen molar-refractivity contribution in [2.45, 2.75) is 32.7 Å². The van der Waals surface area contributed by atoms with Gasteiger partial charge in [0.05, 0.1) is 23.9 Å². The maximum atomic E-state index is 10.9. The van der Waals surface area contributed by atoms with Crippen molar-refractivity contribution in [2.24, 2.45) is 0 Å². The number of aldehydes is 1. The highest BCUT2D eigenvalue weighted by Crippen LogP contribution is 2.22. The number of nitrogens with zero attached hydrogens (tertiary/aromatic N) is 2. The zero-order chi connectivity index (χ0) is 10.8. The van der Waals surface area contributed by atoms with E-state index in [1.54, 1.807) is 0 Å². The van der Waals surface area contributed by atoms with Gasteiger partial charge in [-0.1, -0.05) is 0 Å². The molecule has 4 heteroatoms. The van der Waals surface area contributed by atoms with E-state index in [4.69, 9.17) is 4.74 Å². The number of hydrogen-bond acceptors (Lipinski definition) is 3. The standard InChI is InChI=1S/C11H16N2O2/c1-8-11(6-14)9(2)13(12-8)10-4-3-5-15-7-10/h6,10H,3-5,7H2,1-2H3. The van der Waals surface area contributed by atoms with Gasteiger partial charge in [0.15, 0.2) is 6.29 Å². The van der Waals surface area contributed by atoms with Gasteiger partial charge in [0.1, 0.15) is 0 Å². The molecule has 1 atom stereocenters. The molecule has 15 heavy (non-hydrogen) atoms. The number of hydrogen-bond donors (Lipinski definition) is 0. The van der Waals surface area contributed by atoms with Gasteiger partial charge in [0, 0.05) is 12.3 Å². The molecule has 0 spiro atoms. The fourth-order valence-electron chi connectivity index (χ4n) is 2.12. The van der Waals surface area contributed by atoms with Gasteiger partial charge < -0.3 is 4.74 Å². The van der Waals surface area contributed by atoms with Crippen molar-refractivity contribution in [3.63, 3.8) is 0 Å². The summed E-state index contributed by atoms with van der Waals surface area (Å²) in [6.45, 7) is 5.37. The first-order valence-corrected chi connectivity index (χ1v) is 5.32. The number of ether oxygens (including phenoxy) is 1. The van der Waals surface area contributed by atoms with Crippen molar-refractivity contribution in [1.29, 1.82) is 0 Å². The summed E-state index contributed by atoms with van der Waals surface area (Å²) in [5, 5.41) is 4.41. The molecule has 0 bridgehead atoms. The number of carbonyl (C=O) groups excluding carboxylic acids is 1. The van der Waals surface area contributed by atoms with Crippen molar-refractivity contribution in [3.8, 4) is 0 Å². The molecular formula is C11H16N2O2. The summed E-state index contributed by atoms with van der Waals surface area (Å²) in [7, 11) is 0. The Bertz CT molecular complexity index is 365. The molecule has 4 nitrogen and oxygen atoms in total. The van der Waals surface area contributed by atoms with E-state index in [1.807, 2.05) is 18.5 Å². The van der Waals surface area contributed by atoms with Gasteiger partial charge in [-0.25, -0.2) is 0 Å². The van der Waals surface area contributed by atoms with Crippen LogP contribution in [0.15, 0.2) is 0 Å². The quantitative estimate of drug-likeness (QED) is 0.694. The van der Waals surface area contributed by atoms with Gasteiger partial charge in [0.2, 0.25) is 0 Å². The Balaban J connectivity index is 2.31. The molecule has 0 aliphatic carbocycles. The van der Waals surface area contributed by atoms with Crippen molar-refractivity contribution >= 4 is 6.29 Å². The van der Waals surface area contributed by atoms with E-state index in [0.29, 0.717) is 12.6 Å². The van der Waals surface area contributed by atoms with Crippen LogP contribution in [0.5, 0.6) is 0 Å². The van der Waals surface area contributed by atoms with Gasteiger partial charge in [-0.15, -0.1) is 0 Å². The predicted octanol–water partition coefficient (Wildman–Crippen LogP) is 1.66. The summed E-state index contributed by atoms with van der Waals surface area (Å²) in [5.74, 6) is 0. The zero-order valence-electron chi connectivity index (χ0n) is 9.19. The monoisotopic (exact) mass is 208 g/mol. The zero-order valence-corrected chi connectivity index (χ0v) is 9.19. The molecule has 2 heterocycles. The number of aromatic nitrogens is 2. The molecule has 1 fully saturated rings. The first-order valence-electron chi connectivity index (χ1n) is 5.32. The number of rotatable bonds is 2. The normalized spacial score (nSPS) is 21.6. The van der Waals surface area contributed by atoms with Crippen LogP contribution in [-0.2, 0) is 4.74 Å². The highest BCUT2D eigenvalue weighted by molar-refractivity contribution is 5.78. The topological polar surface area (TPSA) is 44.1 Å². The van der Waals surface area contributed by atoms with Crippen LogP contribution in [0.4, 0.5) is 0 Å². The lowest BCUT2D eigenvalue weighted by Gasteiger charge is -2.23. The van der Waals surface area contributed by atoms with Crippen molar-refractivity contribution < 1.29 is 9.53 Å². The van der Waals surface area contributed by atoms with E-state index < -0.39 is 0 Å². The lowest BCUT2D eigenvalue weighted by atomic mass is 10.1. The molecule has 0 amide bonds. The Morgan fingerprint density at radius 2 is 2.33 bits per heavy atom. The summed E-state index contributed by atoms with van der Waals surface area (Å²) >= 11 is 0. The molecule has 0 aromatic carbocycles. The fourth-order valence-corrected chi connectivity index (χ4v) is 2.12. The molecule has 1 aromatic rings. The fraction of sp³-hybridized carbons (Fsp3) is 0.636. The average molecular weight is 208 g/mol. The minimum atomic E-state index is 0.297. The van der Waals surface area contributed by atoms with Crippen molar-refractivity contribution in [1.82, 2.24) is 9.78 Å². The van der Waals surface area contributed by atoms with Gasteiger partial charge in [-0.3, -0.25) is 9.48 Å². The summed E-state index contributed by atoms with van der Waals surface area (Å²) in [6, 6.07) is 0.297. The van der Waals surface area contributed by atoms with Crippen LogP contribution in [0.25, 0.3) is 0 Å². The minimum absolute atomic E-state index is 0.297. The van der Waals surface area contributed by atoms with Crippen LogP contribution in [0, 0.1) is 13.8 Å². The van der Waals surface area contributed by atoms with Crippen molar-refractivity contribution in [2.75, 3.05) is 13.2 Å². The van der Waals surface area contributed by atoms with Crippen LogP contribution in [0.3, 0.4) is 0 Å². The third-order valence-electron chi connectivity index (χ3n) is 2.98. The summed E-state index contributed by atoms with van der Waals surface area (Å²) in [6.07, 6.45) is 3.04. The molecule has 1 aliphatic rings. The summed E-state index contributed by atoms with van der Waals surface area (Å²) in [5.41, 5.74) is 2.49. The van der Waals surface area contributed by atoms with E-state index in [-0.39, 0.29) is 0 Å². The Labute approximate surface area is 89.2 Å². The first kappa shape index (κ1) is 10.4. The molecule has 1 aromatic heterocycles. The highest BCUT2D eigenvalue weighted by Gasteiger charge is 2.20. The van der Waals surface area contributed by atoms with Gasteiger partial charge in [0.25, 0.3) is 0 Å². The maximum Gasteiger partial charge on any atom is 0.153 e. The van der Waals surface area contributed by atoms with E-state index in [1.165, 1.54) is 0 Å². The van der Waals surface area contributed by atoms with Crippen LogP contribution in [-0.4, -0.2) is 29.3 Å². The smallest absolute Gasteiger partial charge is 0.153 e. The van der Waals surface area contributed by atoms with Crippen LogP contribution >= 0.6 is 0 Å². The lowest BCUT2D eigenvalue weighted by molar-refractivity contribution is 0.0541. The maximum absolute atomic E-state index is 10.9. The Hall–Kier alpha value is -1.16. The van der Waals surface area contributed by atoms with Gasteiger partial charge >= 0.3 is 0 Å². The van der Waals surface area contributed by atoms with Crippen LogP contribution in [0.2, 0.25) is 0 Å². The van der Waals surface area contributed by atoms with Gasteiger partial charge in [-0.05, 0) is 26.7 Å². The lowest BCUT2D eigenvalue weighted by Crippen LogP contribution is -2.23. The third kappa shape index (κ3) is 1.81. The molecular weight excluding hydrogens is 192 g/mol. The molecule has 0 radical (unpaired) electrons. The average Bonchev–Trinajstić information content (AvgIpc) is 2.55. The largest absolute Gasteiger partial charge is 0.379 e. The van der Waals surface area contributed by atoms with Crippen LogP contribution < -0.4 is 0 Å². The second-order valence-electron chi connectivity index (χ2n) is 4.02. The summed E-state index contributed by atoms with van der Waals surface area (Å²) in [4.78, 5) is 10.9. The van der Waals surface area contributed by atoms with E-state index in [0.717, 1.165) is 42.7 Å². The second-order valence-corrected chi connectivity index (χ2v) is 4.02. The van der Waals surface area contributed by atoms with Crippen LogP contribution in [0.1, 0.15) is 40.6 Å². The van der Waals surface area contributed by atoms with E-state index in [9.17, 15) is 4.79 Å². The number of aryl methyl sites for hydroxylation is 1. The summed E-state index contributed by atoms with van der Waals surface area (Å²) < 4.78 is 7.37. The molecule has 1 saturated heterocycles. The number of carbonyl (C=O) groups is 1. The SMILES string of the molecule is Cc1nn(C2CCCOC2)c(C)c1C=O. The second kappa shape index (κ2) is 4.14. The Morgan fingerprint density at radius 1 is 1.53 bits per heavy atom. The molecule has 82 valence electrons. The molecule has 0 N–H and O–H groups in total. The predicted molar refractivity (Wildman–Crippen MR) is 56.2 cm³/mol. The highest BCUT2D eigenvalue weighted by atomic mass is 16.5. The van der Waals surface area contributed by atoms with Crippen molar-refractivity contribution in [3.05, 3.63) is 17.0 Å². The van der Waals surface area contributed by atoms with Gasteiger partial charge in [-0.2, -0.15) is 5.10 Å². The molecule has 0 saturated carbocycles. The molecule has 1 unspecified atom stereocenters. The van der Waals surface area contributed by atoms with E-state index >= 15 is 0 Å². The molecule has 2 rings (SSSR count). The Morgan fingerprint density at radius 3 is 2.87 bits per heavy atom. The minimum Gasteiger partial charge on any atom is -0.379 e. The molecule has 1 aliphatic heterocycles.